The Hall–Kier alpha value is -2.93. The van der Waals surface area contributed by atoms with Crippen molar-refractivity contribution in [1.29, 1.82) is 0 Å². The molecule has 5 nitrogen and oxygen atoms in total. The van der Waals surface area contributed by atoms with Gasteiger partial charge < -0.3 is 4.98 Å². The van der Waals surface area contributed by atoms with E-state index >= 15 is 0 Å². The molecule has 1 saturated heterocycles. The molecule has 0 radical (unpaired) electrons. The number of pyridine rings is 1. The normalized spacial score (nSPS) is 17.3. The number of aromatic amines is 1. The van der Waals surface area contributed by atoms with Crippen molar-refractivity contribution in [3.8, 4) is 11.3 Å². The molecule has 1 aliphatic heterocycles. The quantitative estimate of drug-likeness (QED) is 0.769. The van der Waals surface area contributed by atoms with Gasteiger partial charge in [0, 0.05) is 48.6 Å². The Kier molecular flexibility index (Phi) is 4.77. The van der Waals surface area contributed by atoms with E-state index in [4.69, 9.17) is 0 Å². The molecule has 1 atom stereocenters. The number of nitrogens with zero attached hydrogens (tertiary/aromatic N) is 3. The molecule has 4 rings (SSSR count). The number of benzene rings is 1. The summed E-state index contributed by atoms with van der Waals surface area (Å²) in [7, 11) is 0. The van der Waals surface area contributed by atoms with Gasteiger partial charge in [0.25, 0.3) is 5.56 Å². The molecule has 0 saturated carbocycles. The molecule has 3 aromatic rings. The number of halogens is 2. The van der Waals surface area contributed by atoms with Gasteiger partial charge in [-0.15, -0.1) is 0 Å². The Morgan fingerprint density at radius 3 is 2.81 bits per heavy atom. The molecule has 1 aromatic carbocycles. The summed E-state index contributed by atoms with van der Waals surface area (Å²) in [5.41, 5.74) is 1.56. The highest BCUT2D eigenvalue weighted by Gasteiger charge is 2.27. The Morgan fingerprint density at radius 2 is 2.00 bits per heavy atom. The smallest absolute Gasteiger partial charge is 0.251 e. The van der Waals surface area contributed by atoms with Crippen LogP contribution in [-0.4, -0.2) is 32.9 Å². The van der Waals surface area contributed by atoms with Crippen LogP contribution in [0.1, 0.15) is 23.7 Å². The highest BCUT2D eigenvalue weighted by atomic mass is 19.2. The number of hydrogen-bond acceptors (Lipinski definition) is 4. The molecule has 1 fully saturated rings. The molecule has 27 heavy (non-hydrogen) atoms. The predicted molar refractivity (Wildman–Crippen MR) is 97.1 cm³/mol. The van der Waals surface area contributed by atoms with Gasteiger partial charge in [0.15, 0.2) is 11.6 Å². The summed E-state index contributed by atoms with van der Waals surface area (Å²) in [6.45, 7) is 1.68. The Balaban J connectivity index is 1.53. The van der Waals surface area contributed by atoms with Crippen LogP contribution in [0.2, 0.25) is 0 Å². The van der Waals surface area contributed by atoms with Gasteiger partial charge in [-0.25, -0.2) is 13.8 Å². The maximum Gasteiger partial charge on any atom is 0.251 e. The van der Waals surface area contributed by atoms with Crippen molar-refractivity contribution in [2.24, 2.45) is 0 Å². The Labute approximate surface area is 154 Å². The van der Waals surface area contributed by atoms with Crippen LogP contribution in [0.5, 0.6) is 0 Å². The fraction of sp³-hybridized carbons (Fsp3) is 0.250. The summed E-state index contributed by atoms with van der Waals surface area (Å²) in [6, 6.07) is 9.30. The average molecular weight is 368 g/mol. The minimum atomic E-state index is -0.834. The molecular weight excluding hydrogens is 350 g/mol. The van der Waals surface area contributed by atoms with Gasteiger partial charge >= 0.3 is 0 Å². The van der Waals surface area contributed by atoms with E-state index in [0.29, 0.717) is 30.2 Å². The largest absolute Gasteiger partial charge is 0.310 e. The van der Waals surface area contributed by atoms with E-state index in [9.17, 15) is 13.6 Å². The zero-order valence-electron chi connectivity index (χ0n) is 14.5. The van der Waals surface area contributed by atoms with Crippen molar-refractivity contribution >= 4 is 0 Å². The second kappa shape index (κ2) is 7.36. The fourth-order valence-electron chi connectivity index (χ4n) is 3.45. The SMILES string of the molecule is O=c1cc(-c2ccncc2)nc([C@@H]2CCN(Cc3cccc(F)c3F)C2)[nH]1. The minimum absolute atomic E-state index is 0.0381. The van der Waals surface area contributed by atoms with E-state index < -0.39 is 11.6 Å². The van der Waals surface area contributed by atoms with Crippen molar-refractivity contribution in [2.45, 2.75) is 18.9 Å². The lowest BCUT2D eigenvalue weighted by atomic mass is 10.1. The molecule has 0 amide bonds. The van der Waals surface area contributed by atoms with Gasteiger partial charge in [-0.2, -0.15) is 0 Å². The van der Waals surface area contributed by atoms with Crippen LogP contribution >= 0.6 is 0 Å². The maximum atomic E-state index is 13.9. The maximum absolute atomic E-state index is 13.9. The summed E-state index contributed by atoms with van der Waals surface area (Å²) >= 11 is 0. The third-order valence-corrected chi connectivity index (χ3v) is 4.82. The number of rotatable bonds is 4. The van der Waals surface area contributed by atoms with E-state index in [2.05, 4.69) is 15.0 Å². The molecule has 0 unspecified atom stereocenters. The first-order valence-electron chi connectivity index (χ1n) is 8.77. The summed E-state index contributed by atoms with van der Waals surface area (Å²) in [6.07, 6.45) is 4.10. The second-order valence-corrected chi connectivity index (χ2v) is 6.69. The van der Waals surface area contributed by atoms with Crippen molar-refractivity contribution in [3.05, 3.63) is 82.2 Å². The van der Waals surface area contributed by atoms with Gasteiger partial charge in [-0.3, -0.25) is 14.7 Å². The van der Waals surface area contributed by atoms with E-state index in [0.717, 1.165) is 24.6 Å². The second-order valence-electron chi connectivity index (χ2n) is 6.69. The van der Waals surface area contributed by atoms with Crippen molar-refractivity contribution in [3.63, 3.8) is 0 Å². The fourth-order valence-corrected chi connectivity index (χ4v) is 3.45. The first-order valence-corrected chi connectivity index (χ1v) is 8.77. The van der Waals surface area contributed by atoms with Crippen LogP contribution in [0.15, 0.2) is 53.6 Å². The van der Waals surface area contributed by atoms with Crippen LogP contribution in [-0.2, 0) is 6.54 Å². The number of hydrogen-bond donors (Lipinski definition) is 1. The van der Waals surface area contributed by atoms with Gasteiger partial charge in [0.1, 0.15) is 5.82 Å². The highest BCUT2D eigenvalue weighted by Crippen LogP contribution is 2.27. The van der Waals surface area contributed by atoms with E-state index in [1.807, 2.05) is 4.90 Å². The van der Waals surface area contributed by atoms with Gasteiger partial charge in [-0.05, 0) is 31.2 Å². The zero-order chi connectivity index (χ0) is 18.8. The molecule has 3 heterocycles. The Bertz CT molecular complexity index is 1010. The lowest BCUT2D eigenvalue weighted by molar-refractivity contribution is 0.317. The third kappa shape index (κ3) is 3.78. The number of likely N-dealkylation sites (tertiary alicyclic amines) is 1. The van der Waals surface area contributed by atoms with Crippen LogP contribution in [0.4, 0.5) is 8.78 Å². The average Bonchev–Trinajstić information content (AvgIpc) is 3.14. The first kappa shape index (κ1) is 17.5. The van der Waals surface area contributed by atoms with Gasteiger partial charge in [0.2, 0.25) is 0 Å². The monoisotopic (exact) mass is 368 g/mol. The standard InChI is InChI=1S/C20H18F2N4O/c21-16-3-1-2-14(19(16)22)11-26-9-6-15(12-26)20-24-17(10-18(27)25-20)13-4-7-23-8-5-13/h1-5,7-8,10,15H,6,9,11-12H2,(H,24,25,27)/t15-/m1/s1. The molecule has 2 aromatic heterocycles. The van der Waals surface area contributed by atoms with Crippen molar-refractivity contribution < 1.29 is 8.78 Å². The number of nitrogens with one attached hydrogen (secondary N) is 1. The van der Waals surface area contributed by atoms with E-state index in [1.54, 1.807) is 30.6 Å². The summed E-state index contributed by atoms with van der Waals surface area (Å²) < 4.78 is 27.3. The predicted octanol–water partition coefficient (Wildman–Crippen LogP) is 3.10. The number of aromatic nitrogens is 3. The van der Waals surface area contributed by atoms with Crippen molar-refractivity contribution in [1.82, 2.24) is 19.9 Å². The molecule has 1 aliphatic rings. The topological polar surface area (TPSA) is 61.9 Å². The lowest BCUT2D eigenvalue weighted by Gasteiger charge is -2.16. The molecule has 138 valence electrons. The Morgan fingerprint density at radius 1 is 1.19 bits per heavy atom. The molecule has 1 N–H and O–H groups in total. The van der Waals surface area contributed by atoms with Gasteiger partial charge in [0.05, 0.1) is 5.69 Å². The van der Waals surface area contributed by atoms with Crippen LogP contribution in [0, 0.1) is 11.6 Å². The summed E-state index contributed by atoms with van der Waals surface area (Å²) in [5, 5.41) is 0. The van der Waals surface area contributed by atoms with Crippen molar-refractivity contribution in [2.75, 3.05) is 13.1 Å². The lowest BCUT2D eigenvalue weighted by Crippen LogP contribution is -2.22. The van der Waals surface area contributed by atoms with E-state index in [-0.39, 0.29) is 11.5 Å². The van der Waals surface area contributed by atoms with E-state index in [1.165, 1.54) is 12.1 Å². The third-order valence-electron chi connectivity index (χ3n) is 4.82. The minimum Gasteiger partial charge on any atom is -0.310 e. The molecule has 0 spiro atoms. The molecule has 7 heteroatoms. The number of H-pyrrole nitrogens is 1. The zero-order valence-corrected chi connectivity index (χ0v) is 14.5. The highest BCUT2D eigenvalue weighted by molar-refractivity contribution is 5.57. The van der Waals surface area contributed by atoms with Gasteiger partial charge in [-0.1, -0.05) is 12.1 Å². The van der Waals surface area contributed by atoms with Crippen LogP contribution in [0.3, 0.4) is 0 Å². The summed E-state index contributed by atoms with van der Waals surface area (Å²) in [5.74, 6) is -0.973. The molecular formula is C20H18F2N4O. The van der Waals surface area contributed by atoms with Crippen LogP contribution in [0.25, 0.3) is 11.3 Å². The molecule has 0 aliphatic carbocycles. The molecule has 0 bridgehead atoms. The van der Waals surface area contributed by atoms with Crippen LogP contribution < -0.4 is 5.56 Å². The first-order chi connectivity index (χ1) is 13.1. The summed E-state index contributed by atoms with van der Waals surface area (Å²) in [4.78, 5) is 25.5.